The first-order valence-corrected chi connectivity index (χ1v) is 9.09. The Bertz CT molecular complexity index is 746. The highest BCUT2D eigenvalue weighted by Gasteiger charge is 2.52. The Kier molecular flexibility index (Phi) is 2.71. The van der Waals surface area contributed by atoms with Gasteiger partial charge in [0.2, 0.25) is 6.79 Å². The normalized spacial score (nSPS) is 39.0. The molecule has 0 spiro atoms. The smallest absolute Gasteiger partial charge is 0.231 e. The maximum Gasteiger partial charge on any atom is 0.231 e. The molecule has 0 radical (unpaired) electrons. The summed E-state index contributed by atoms with van der Waals surface area (Å²) in [6, 6.07) is 5.16. The fourth-order valence-electron chi connectivity index (χ4n) is 5.65. The van der Waals surface area contributed by atoms with Crippen molar-refractivity contribution >= 4 is 0 Å². The highest BCUT2D eigenvalue weighted by molar-refractivity contribution is 5.54. The lowest BCUT2D eigenvalue weighted by molar-refractivity contribution is 0.142. The van der Waals surface area contributed by atoms with Gasteiger partial charge in [-0.1, -0.05) is 6.08 Å². The SMILES string of the molecule is OC1CN2Cc3cc4c(cc3[C@@H]3[C@H]5NCCC[C@H]5C=C1[C@H]32)OCO4. The summed E-state index contributed by atoms with van der Waals surface area (Å²) in [4.78, 5) is 2.46. The number of aliphatic hydroxyl groups is 1. The Morgan fingerprint density at radius 2 is 2.08 bits per heavy atom. The molecule has 0 bridgehead atoms. The molecule has 6 rings (SSSR count). The predicted molar refractivity (Wildman–Crippen MR) is 88.1 cm³/mol. The van der Waals surface area contributed by atoms with E-state index in [9.17, 15) is 5.11 Å². The van der Waals surface area contributed by atoms with Gasteiger partial charge in [0.1, 0.15) is 0 Å². The molecule has 0 saturated carbocycles. The van der Waals surface area contributed by atoms with E-state index in [0.717, 1.165) is 31.1 Å². The van der Waals surface area contributed by atoms with Gasteiger partial charge in [-0.25, -0.2) is 0 Å². The van der Waals surface area contributed by atoms with Crippen LogP contribution in [0.1, 0.15) is 29.9 Å². The van der Waals surface area contributed by atoms with Crippen molar-refractivity contribution in [3.05, 3.63) is 34.9 Å². The fourth-order valence-corrected chi connectivity index (χ4v) is 5.65. The third kappa shape index (κ3) is 1.70. The Morgan fingerprint density at radius 1 is 1.21 bits per heavy atom. The Morgan fingerprint density at radius 3 is 3.00 bits per heavy atom. The summed E-state index contributed by atoms with van der Waals surface area (Å²) in [6.07, 6.45) is 4.52. The first-order valence-electron chi connectivity index (χ1n) is 9.09. The molecular weight excluding hydrogens is 304 g/mol. The van der Waals surface area contributed by atoms with Crippen molar-refractivity contribution in [2.24, 2.45) is 5.92 Å². The molecule has 126 valence electrons. The van der Waals surface area contributed by atoms with E-state index in [0.29, 0.717) is 30.7 Å². The maximum absolute atomic E-state index is 10.6. The van der Waals surface area contributed by atoms with E-state index in [1.165, 1.54) is 29.5 Å². The van der Waals surface area contributed by atoms with E-state index in [2.05, 4.69) is 28.4 Å². The lowest BCUT2D eigenvalue weighted by atomic mass is 9.67. The van der Waals surface area contributed by atoms with E-state index in [4.69, 9.17) is 9.47 Å². The number of nitrogens with zero attached hydrogens (tertiary/aromatic N) is 1. The van der Waals surface area contributed by atoms with Gasteiger partial charge in [0.25, 0.3) is 0 Å². The second-order valence-corrected chi connectivity index (χ2v) is 7.77. The zero-order valence-corrected chi connectivity index (χ0v) is 13.6. The van der Waals surface area contributed by atoms with E-state index >= 15 is 0 Å². The van der Waals surface area contributed by atoms with Gasteiger partial charge in [-0.3, -0.25) is 4.90 Å². The molecule has 2 fully saturated rings. The summed E-state index contributed by atoms with van der Waals surface area (Å²) in [5, 5.41) is 14.4. The van der Waals surface area contributed by atoms with Gasteiger partial charge in [-0.15, -0.1) is 0 Å². The molecule has 2 N–H and O–H groups in total. The van der Waals surface area contributed by atoms with Crippen LogP contribution < -0.4 is 14.8 Å². The third-order valence-corrected chi connectivity index (χ3v) is 6.58. The molecular formula is C19H22N2O3. The zero-order valence-electron chi connectivity index (χ0n) is 13.6. The standard InChI is InChI=1S/C19H22N2O3/c22-14-8-21-7-11-5-15-16(24-9-23-15)6-12(11)17-18-10(2-1-3-20-18)4-13(14)19(17)21/h4-6,10,14,17-20,22H,1-3,7-9H2/t10-,14?,17+,18-,19+/m0/s1. The van der Waals surface area contributed by atoms with Crippen LogP contribution in [0.5, 0.6) is 11.5 Å². The van der Waals surface area contributed by atoms with Crippen molar-refractivity contribution < 1.29 is 14.6 Å². The van der Waals surface area contributed by atoms with Crippen LogP contribution in [-0.4, -0.2) is 48.1 Å². The molecule has 4 heterocycles. The predicted octanol–water partition coefficient (Wildman–Crippen LogP) is 1.37. The second kappa shape index (κ2) is 4.75. The monoisotopic (exact) mass is 326 g/mol. The van der Waals surface area contributed by atoms with Gasteiger partial charge in [0, 0.05) is 31.1 Å². The van der Waals surface area contributed by atoms with Crippen LogP contribution in [0.25, 0.3) is 0 Å². The molecule has 0 amide bonds. The second-order valence-electron chi connectivity index (χ2n) is 7.77. The summed E-state index contributed by atoms with van der Waals surface area (Å²) in [6.45, 7) is 3.06. The first-order chi connectivity index (χ1) is 11.8. The third-order valence-electron chi connectivity index (χ3n) is 6.58. The lowest BCUT2D eigenvalue weighted by Gasteiger charge is -2.49. The Balaban J connectivity index is 1.54. The van der Waals surface area contributed by atoms with Gasteiger partial charge in [0.05, 0.1) is 6.10 Å². The molecule has 1 aliphatic carbocycles. The topological polar surface area (TPSA) is 54.0 Å². The number of hydrogen-bond donors (Lipinski definition) is 2. The van der Waals surface area contributed by atoms with Gasteiger partial charge in [-0.2, -0.15) is 0 Å². The summed E-state index contributed by atoms with van der Waals surface area (Å²) in [5.41, 5.74) is 3.99. The Labute approximate surface area is 141 Å². The van der Waals surface area contributed by atoms with Crippen molar-refractivity contribution in [1.29, 1.82) is 0 Å². The number of piperidine rings is 1. The highest BCUT2D eigenvalue weighted by atomic mass is 16.7. The van der Waals surface area contributed by atoms with Crippen LogP contribution in [0, 0.1) is 5.92 Å². The molecule has 1 unspecified atom stereocenters. The summed E-state index contributed by atoms with van der Waals surface area (Å²) in [5.74, 6) is 2.67. The highest BCUT2D eigenvalue weighted by Crippen LogP contribution is 2.51. The summed E-state index contributed by atoms with van der Waals surface area (Å²) < 4.78 is 11.2. The van der Waals surface area contributed by atoms with E-state index < -0.39 is 0 Å². The molecule has 5 aliphatic rings. The molecule has 2 saturated heterocycles. The minimum absolute atomic E-state index is 0.311. The van der Waals surface area contributed by atoms with Crippen LogP contribution >= 0.6 is 0 Å². The number of rotatable bonds is 0. The first kappa shape index (κ1) is 13.7. The average Bonchev–Trinajstić information content (AvgIpc) is 3.17. The average molecular weight is 326 g/mol. The van der Waals surface area contributed by atoms with Gasteiger partial charge in [-0.05, 0) is 54.1 Å². The molecule has 5 atom stereocenters. The van der Waals surface area contributed by atoms with Crippen LogP contribution in [0.3, 0.4) is 0 Å². The quantitative estimate of drug-likeness (QED) is 0.705. The van der Waals surface area contributed by atoms with Crippen LogP contribution in [0.15, 0.2) is 23.8 Å². The molecule has 1 aromatic rings. The zero-order chi connectivity index (χ0) is 15.8. The van der Waals surface area contributed by atoms with Gasteiger partial charge < -0.3 is 19.9 Å². The number of hydrogen-bond acceptors (Lipinski definition) is 5. The minimum Gasteiger partial charge on any atom is -0.454 e. The molecule has 0 aromatic heterocycles. The van der Waals surface area contributed by atoms with Crippen LogP contribution in [0.4, 0.5) is 0 Å². The van der Waals surface area contributed by atoms with E-state index in [-0.39, 0.29) is 6.10 Å². The molecule has 24 heavy (non-hydrogen) atoms. The number of fused-ring (bicyclic) bond motifs is 5. The molecule has 4 aliphatic heterocycles. The van der Waals surface area contributed by atoms with Crippen molar-refractivity contribution in [2.45, 2.75) is 43.5 Å². The number of benzene rings is 1. The lowest BCUT2D eigenvalue weighted by Crippen LogP contribution is -2.55. The maximum atomic E-state index is 10.6. The Hall–Kier alpha value is -1.56. The minimum atomic E-state index is -0.311. The fraction of sp³-hybridized carbons (Fsp3) is 0.579. The largest absolute Gasteiger partial charge is 0.454 e. The number of ether oxygens (including phenoxy) is 2. The van der Waals surface area contributed by atoms with Crippen LogP contribution in [-0.2, 0) is 6.54 Å². The van der Waals surface area contributed by atoms with Crippen molar-refractivity contribution in [3.8, 4) is 11.5 Å². The van der Waals surface area contributed by atoms with Gasteiger partial charge >= 0.3 is 0 Å². The van der Waals surface area contributed by atoms with E-state index in [1.54, 1.807) is 0 Å². The van der Waals surface area contributed by atoms with Crippen LogP contribution in [0.2, 0.25) is 0 Å². The van der Waals surface area contributed by atoms with Gasteiger partial charge in [0.15, 0.2) is 11.5 Å². The van der Waals surface area contributed by atoms with Crippen molar-refractivity contribution in [1.82, 2.24) is 10.2 Å². The molecule has 1 aromatic carbocycles. The van der Waals surface area contributed by atoms with Crippen molar-refractivity contribution in [3.63, 3.8) is 0 Å². The number of nitrogens with one attached hydrogen (secondary N) is 1. The molecule has 5 heteroatoms. The molecule has 5 nitrogen and oxygen atoms in total. The number of aliphatic hydroxyl groups excluding tert-OH is 1. The van der Waals surface area contributed by atoms with Crippen molar-refractivity contribution in [2.75, 3.05) is 19.9 Å². The summed E-state index contributed by atoms with van der Waals surface area (Å²) >= 11 is 0. The summed E-state index contributed by atoms with van der Waals surface area (Å²) in [7, 11) is 0. The van der Waals surface area contributed by atoms with E-state index in [1.807, 2.05) is 0 Å².